The number of hydrogen-bond acceptors (Lipinski definition) is 3. The molecule has 2 aromatic rings. The first-order chi connectivity index (χ1) is 9.06. The van der Waals surface area contributed by atoms with Gasteiger partial charge in [-0.3, -0.25) is 0 Å². The summed E-state index contributed by atoms with van der Waals surface area (Å²) >= 11 is 0. The predicted octanol–water partition coefficient (Wildman–Crippen LogP) is 3.89. The van der Waals surface area contributed by atoms with Crippen LogP contribution in [0.25, 0.3) is 0 Å². The third-order valence-electron chi connectivity index (χ3n) is 3.64. The Morgan fingerprint density at radius 2 is 2.05 bits per heavy atom. The van der Waals surface area contributed by atoms with Gasteiger partial charge in [-0.2, -0.15) is 0 Å². The summed E-state index contributed by atoms with van der Waals surface area (Å²) in [5.41, 5.74) is 3.63. The van der Waals surface area contributed by atoms with Gasteiger partial charge in [-0.25, -0.2) is 4.98 Å². The van der Waals surface area contributed by atoms with E-state index in [1.54, 1.807) is 0 Å². The molecular formula is C16H18N2O. The smallest absolute Gasteiger partial charge is 0.221 e. The van der Waals surface area contributed by atoms with Crippen LogP contribution >= 0.6 is 0 Å². The minimum Gasteiger partial charge on any atom is -0.439 e. The molecule has 1 N–H and O–H groups in total. The Kier molecular flexibility index (Phi) is 2.70. The molecule has 0 fully saturated rings. The Bertz CT molecular complexity index is 620. The van der Waals surface area contributed by atoms with Gasteiger partial charge >= 0.3 is 0 Å². The molecule has 0 unspecified atom stereocenters. The van der Waals surface area contributed by atoms with Crippen molar-refractivity contribution in [3.8, 4) is 11.6 Å². The van der Waals surface area contributed by atoms with Gasteiger partial charge in [-0.15, -0.1) is 0 Å². The highest BCUT2D eigenvalue weighted by Crippen LogP contribution is 2.37. The van der Waals surface area contributed by atoms with Gasteiger partial charge in [0.1, 0.15) is 5.75 Å². The Hall–Kier alpha value is -2.03. The number of aromatic nitrogens is 1. The standard InChI is InChI=1S/C16H18N2O/c1-11-6-4-5-7-14(11)19-15-8-13-12(9-17-15)16(2,3)10-18-13/h4-9,18H,10H2,1-3H3. The second-order valence-corrected chi connectivity index (χ2v) is 5.67. The van der Waals surface area contributed by atoms with Gasteiger partial charge < -0.3 is 10.1 Å². The monoisotopic (exact) mass is 254 g/mol. The summed E-state index contributed by atoms with van der Waals surface area (Å²) in [6, 6.07) is 9.95. The lowest BCUT2D eigenvalue weighted by Gasteiger charge is -2.16. The number of nitrogens with one attached hydrogen (secondary N) is 1. The van der Waals surface area contributed by atoms with E-state index in [4.69, 9.17) is 4.74 Å². The first-order valence-electron chi connectivity index (χ1n) is 6.54. The van der Waals surface area contributed by atoms with Gasteiger partial charge in [0.2, 0.25) is 5.88 Å². The number of pyridine rings is 1. The summed E-state index contributed by atoms with van der Waals surface area (Å²) in [6.45, 7) is 7.41. The minimum atomic E-state index is 0.142. The second kappa shape index (κ2) is 4.26. The number of rotatable bonds is 2. The number of benzene rings is 1. The Labute approximate surface area is 113 Å². The Balaban J connectivity index is 1.91. The maximum Gasteiger partial charge on any atom is 0.221 e. The lowest BCUT2D eigenvalue weighted by atomic mass is 9.88. The van der Waals surface area contributed by atoms with Crippen molar-refractivity contribution < 1.29 is 4.74 Å². The van der Waals surface area contributed by atoms with Gasteiger partial charge in [-0.05, 0) is 18.6 Å². The van der Waals surface area contributed by atoms with E-state index in [0.717, 1.165) is 23.5 Å². The fourth-order valence-electron chi connectivity index (χ4n) is 2.37. The molecule has 1 aliphatic heterocycles. The number of anilines is 1. The molecule has 0 aliphatic carbocycles. The number of hydrogen-bond donors (Lipinski definition) is 1. The number of aryl methyl sites for hydroxylation is 1. The van der Waals surface area contributed by atoms with Crippen molar-refractivity contribution in [2.75, 3.05) is 11.9 Å². The number of para-hydroxylation sites is 1. The maximum absolute atomic E-state index is 5.85. The van der Waals surface area contributed by atoms with Crippen LogP contribution in [-0.2, 0) is 5.41 Å². The van der Waals surface area contributed by atoms with E-state index >= 15 is 0 Å². The molecular weight excluding hydrogens is 236 g/mol. The highest BCUT2D eigenvalue weighted by atomic mass is 16.5. The number of fused-ring (bicyclic) bond motifs is 1. The molecule has 0 spiro atoms. The number of nitrogens with zero attached hydrogens (tertiary/aromatic N) is 1. The minimum absolute atomic E-state index is 0.142. The van der Waals surface area contributed by atoms with Crippen LogP contribution in [0.5, 0.6) is 11.6 Å². The van der Waals surface area contributed by atoms with Crippen molar-refractivity contribution in [3.05, 3.63) is 47.7 Å². The molecule has 0 saturated carbocycles. The van der Waals surface area contributed by atoms with Crippen molar-refractivity contribution in [1.29, 1.82) is 0 Å². The first-order valence-corrected chi connectivity index (χ1v) is 6.54. The number of ether oxygens (including phenoxy) is 1. The Morgan fingerprint density at radius 3 is 2.84 bits per heavy atom. The van der Waals surface area contributed by atoms with Gasteiger partial charge in [0.15, 0.2) is 0 Å². The van der Waals surface area contributed by atoms with Gasteiger partial charge in [-0.1, -0.05) is 32.0 Å². The van der Waals surface area contributed by atoms with E-state index in [-0.39, 0.29) is 5.41 Å². The first kappa shape index (κ1) is 12.0. The van der Waals surface area contributed by atoms with Crippen molar-refractivity contribution in [1.82, 2.24) is 4.98 Å². The van der Waals surface area contributed by atoms with E-state index in [9.17, 15) is 0 Å². The second-order valence-electron chi connectivity index (χ2n) is 5.67. The average molecular weight is 254 g/mol. The molecule has 0 amide bonds. The molecule has 2 heterocycles. The SMILES string of the molecule is Cc1ccccc1Oc1cc2c(cn1)C(C)(C)CN2. The summed E-state index contributed by atoms with van der Waals surface area (Å²) in [5, 5.41) is 3.41. The summed E-state index contributed by atoms with van der Waals surface area (Å²) in [5.74, 6) is 1.49. The van der Waals surface area contributed by atoms with Crippen LogP contribution in [0.3, 0.4) is 0 Å². The van der Waals surface area contributed by atoms with Crippen molar-refractivity contribution >= 4 is 5.69 Å². The molecule has 1 aromatic heterocycles. The zero-order valence-corrected chi connectivity index (χ0v) is 11.5. The molecule has 0 saturated heterocycles. The molecule has 0 bridgehead atoms. The summed E-state index contributed by atoms with van der Waals surface area (Å²) in [6.07, 6.45) is 1.92. The van der Waals surface area contributed by atoms with E-state index in [1.165, 1.54) is 5.56 Å². The molecule has 3 rings (SSSR count). The summed E-state index contributed by atoms with van der Waals surface area (Å²) in [4.78, 5) is 4.42. The molecule has 98 valence electrons. The fraction of sp³-hybridized carbons (Fsp3) is 0.312. The third-order valence-corrected chi connectivity index (χ3v) is 3.64. The molecule has 0 atom stereocenters. The summed E-state index contributed by atoms with van der Waals surface area (Å²) in [7, 11) is 0. The van der Waals surface area contributed by atoms with Gasteiger partial charge in [0, 0.05) is 35.5 Å². The quantitative estimate of drug-likeness (QED) is 0.883. The van der Waals surface area contributed by atoms with Crippen LogP contribution in [0.15, 0.2) is 36.5 Å². The van der Waals surface area contributed by atoms with Crippen molar-refractivity contribution in [2.45, 2.75) is 26.2 Å². The zero-order chi connectivity index (χ0) is 13.5. The van der Waals surface area contributed by atoms with E-state index in [2.05, 4.69) is 24.1 Å². The highest BCUT2D eigenvalue weighted by Gasteiger charge is 2.30. The molecule has 1 aromatic carbocycles. The maximum atomic E-state index is 5.85. The zero-order valence-electron chi connectivity index (χ0n) is 11.5. The Morgan fingerprint density at radius 1 is 1.26 bits per heavy atom. The lowest BCUT2D eigenvalue weighted by molar-refractivity contribution is 0.459. The van der Waals surface area contributed by atoms with Crippen LogP contribution < -0.4 is 10.1 Å². The largest absolute Gasteiger partial charge is 0.439 e. The lowest BCUT2D eigenvalue weighted by Crippen LogP contribution is -2.18. The fourth-order valence-corrected chi connectivity index (χ4v) is 2.37. The normalized spacial score (nSPS) is 15.7. The van der Waals surface area contributed by atoms with Crippen LogP contribution in [0.4, 0.5) is 5.69 Å². The van der Waals surface area contributed by atoms with Gasteiger partial charge in [0.25, 0.3) is 0 Å². The molecule has 1 aliphatic rings. The predicted molar refractivity (Wildman–Crippen MR) is 77.0 cm³/mol. The molecule has 0 radical (unpaired) electrons. The van der Waals surface area contributed by atoms with E-state index in [0.29, 0.717) is 5.88 Å². The average Bonchev–Trinajstić information content (AvgIpc) is 2.68. The van der Waals surface area contributed by atoms with Crippen molar-refractivity contribution in [2.24, 2.45) is 0 Å². The van der Waals surface area contributed by atoms with Crippen LogP contribution in [-0.4, -0.2) is 11.5 Å². The summed E-state index contributed by atoms with van der Waals surface area (Å²) < 4.78 is 5.85. The molecule has 3 nitrogen and oxygen atoms in total. The van der Waals surface area contributed by atoms with Gasteiger partial charge in [0.05, 0.1) is 0 Å². The van der Waals surface area contributed by atoms with E-state index < -0.39 is 0 Å². The van der Waals surface area contributed by atoms with Crippen LogP contribution in [0.2, 0.25) is 0 Å². The highest BCUT2D eigenvalue weighted by molar-refractivity contribution is 5.60. The molecule has 3 heteroatoms. The van der Waals surface area contributed by atoms with E-state index in [1.807, 2.05) is 43.5 Å². The topological polar surface area (TPSA) is 34.1 Å². The third kappa shape index (κ3) is 2.16. The van der Waals surface area contributed by atoms with Crippen LogP contribution in [0, 0.1) is 6.92 Å². The molecule has 19 heavy (non-hydrogen) atoms. The van der Waals surface area contributed by atoms with Crippen LogP contribution in [0.1, 0.15) is 25.0 Å². The van der Waals surface area contributed by atoms with Crippen molar-refractivity contribution in [3.63, 3.8) is 0 Å².